The van der Waals surface area contributed by atoms with Crippen molar-refractivity contribution in [2.75, 3.05) is 0 Å². The van der Waals surface area contributed by atoms with Gasteiger partial charge in [-0.25, -0.2) is 0 Å². The van der Waals surface area contributed by atoms with Crippen LogP contribution < -0.4 is 0 Å². The van der Waals surface area contributed by atoms with E-state index >= 15 is 0 Å². The largest absolute Gasteiger partial charge is 0.307 e. The monoisotopic (exact) mass is 563 g/mol. The Bertz CT molecular complexity index is 2420. The fourth-order valence-corrected chi connectivity index (χ4v) is 7.04. The van der Waals surface area contributed by atoms with Crippen LogP contribution in [0.15, 0.2) is 158 Å². The van der Waals surface area contributed by atoms with E-state index in [1.165, 1.54) is 43.6 Å². The van der Waals surface area contributed by atoms with E-state index in [-0.39, 0.29) is 0 Å². The number of aromatic nitrogens is 3. The molecule has 3 heteroatoms. The minimum absolute atomic E-state index is 0.314. The van der Waals surface area contributed by atoms with Gasteiger partial charge in [-0.15, -0.1) is 0 Å². The minimum Gasteiger partial charge on any atom is -0.307 e. The Morgan fingerprint density at radius 2 is 1.16 bits per heavy atom. The summed E-state index contributed by atoms with van der Waals surface area (Å²) in [4.78, 5) is 5.15. The van der Waals surface area contributed by atoms with Crippen LogP contribution in [0.5, 0.6) is 0 Å². The predicted octanol–water partition coefficient (Wildman–Crippen LogP) is 10.5. The molecule has 3 nitrogen and oxygen atoms in total. The number of allylic oxidation sites excluding steroid dienone is 4. The maximum atomic E-state index is 5.15. The molecule has 0 bridgehead atoms. The zero-order valence-corrected chi connectivity index (χ0v) is 24.1. The van der Waals surface area contributed by atoms with Crippen LogP contribution in [0.3, 0.4) is 0 Å². The highest BCUT2D eigenvalue weighted by molar-refractivity contribution is 6.23. The van der Waals surface area contributed by atoms with Crippen molar-refractivity contribution in [3.63, 3.8) is 0 Å². The summed E-state index contributed by atoms with van der Waals surface area (Å²) in [6, 6.07) is 48.1. The van der Waals surface area contributed by atoms with Gasteiger partial charge in [-0.3, -0.25) is 4.98 Å². The highest BCUT2D eigenvalue weighted by Crippen LogP contribution is 2.42. The van der Waals surface area contributed by atoms with Gasteiger partial charge >= 0.3 is 0 Å². The van der Waals surface area contributed by atoms with E-state index in [2.05, 4.69) is 167 Å². The number of pyridine rings is 1. The molecule has 1 aliphatic rings. The van der Waals surface area contributed by atoms with Crippen LogP contribution >= 0.6 is 0 Å². The number of benzene rings is 5. The molecule has 0 amide bonds. The van der Waals surface area contributed by atoms with Crippen molar-refractivity contribution < 1.29 is 0 Å². The van der Waals surface area contributed by atoms with Gasteiger partial charge in [0, 0.05) is 50.1 Å². The van der Waals surface area contributed by atoms with Crippen LogP contribution in [0.4, 0.5) is 0 Å². The molecule has 0 N–H and O–H groups in total. The van der Waals surface area contributed by atoms with E-state index in [9.17, 15) is 0 Å². The van der Waals surface area contributed by atoms with Crippen molar-refractivity contribution in [2.24, 2.45) is 0 Å². The number of rotatable bonds is 4. The molecule has 0 saturated carbocycles. The number of hydrogen-bond acceptors (Lipinski definition) is 1. The van der Waals surface area contributed by atoms with Crippen molar-refractivity contribution in [3.05, 3.63) is 163 Å². The van der Waals surface area contributed by atoms with Gasteiger partial charge < -0.3 is 9.13 Å². The number of nitrogens with zero attached hydrogens (tertiary/aromatic N) is 3. The molecule has 1 aliphatic carbocycles. The van der Waals surface area contributed by atoms with Gasteiger partial charge in [0.05, 0.1) is 27.8 Å². The molecule has 0 radical (unpaired) electrons. The molecule has 1 unspecified atom stereocenters. The van der Waals surface area contributed by atoms with Crippen LogP contribution in [0, 0.1) is 0 Å². The van der Waals surface area contributed by atoms with Crippen molar-refractivity contribution in [3.8, 4) is 22.6 Å². The summed E-state index contributed by atoms with van der Waals surface area (Å²) in [7, 11) is 0. The fourth-order valence-electron chi connectivity index (χ4n) is 7.04. The zero-order chi connectivity index (χ0) is 29.0. The number of hydrogen-bond donors (Lipinski definition) is 0. The Hall–Kier alpha value is -5.67. The van der Waals surface area contributed by atoms with Gasteiger partial charge in [0.1, 0.15) is 0 Å². The molecule has 44 heavy (non-hydrogen) atoms. The Labute approximate surface area is 255 Å². The maximum absolute atomic E-state index is 5.15. The van der Waals surface area contributed by atoms with E-state index in [1.54, 1.807) is 0 Å². The molecule has 3 aromatic heterocycles. The molecule has 8 aromatic rings. The molecular formula is C41H29N3. The van der Waals surface area contributed by atoms with Gasteiger partial charge in [-0.05, 0) is 55.0 Å². The van der Waals surface area contributed by atoms with E-state index in [0.29, 0.717) is 5.92 Å². The van der Waals surface area contributed by atoms with Crippen molar-refractivity contribution in [2.45, 2.75) is 12.3 Å². The highest BCUT2D eigenvalue weighted by Gasteiger charge is 2.21. The first-order valence-electron chi connectivity index (χ1n) is 15.3. The Morgan fingerprint density at radius 1 is 0.523 bits per heavy atom. The summed E-state index contributed by atoms with van der Waals surface area (Å²) >= 11 is 0. The summed E-state index contributed by atoms with van der Waals surface area (Å²) in [6.07, 6.45) is 9.69. The normalized spacial score (nSPS) is 14.8. The van der Waals surface area contributed by atoms with Gasteiger partial charge in [-0.1, -0.05) is 109 Å². The molecule has 5 aromatic carbocycles. The quantitative estimate of drug-likeness (QED) is 0.209. The zero-order valence-electron chi connectivity index (χ0n) is 24.1. The lowest BCUT2D eigenvalue weighted by Gasteiger charge is -2.15. The first kappa shape index (κ1) is 24.9. The molecule has 9 rings (SSSR count). The molecule has 0 spiro atoms. The predicted molar refractivity (Wildman–Crippen MR) is 184 cm³/mol. The van der Waals surface area contributed by atoms with Crippen molar-refractivity contribution in [1.82, 2.24) is 14.1 Å². The number of fused-ring (bicyclic) bond motifs is 7. The molecule has 1 atom stereocenters. The third-order valence-electron chi connectivity index (χ3n) is 9.01. The molecule has 208 valence electrons. The van der Waals surface area contributed by atoms with Gasteiger partial charge in [-0.2, -0.15) is 0 Å². The van der Waals surface area contributed by atoms with E-state index < -0.39 is 0 Å². The van der Waals surface area contributed by atoms with Crippen molar-refractivity contribution in [1.29, 1.82) is 0 Å². The van der Waals surface area contributed by atoms with Crippen molar-refractivity contribution >= 4 is 43.6 Å². The lowest BCUT2D eigenvalue weighted by Crippen LogP contribution is -2.01. The first-order valence-corrected chi connectivity index (χ1v) is 15.3. The molecule has 0 saturated heterocycles. The Balaban J connectivity index is 1.34. The van der Waals surface area contributed by atoms with E-state index in [1.807, 2.05) is 0 Å². The topological polar surface area (TPSA) is 22.8 Å². The lowest BCUT2D eigenvalue weighted by atomic mass is 9.96. The summed E-state index contributed by atoms with van der Waals surface area (Å²) in [5, 5.41) is 5.00. The maximum Gasteiger partial charge on any atom is 0.0788 e. The van der Waals surface area contributed by atoms with Gasteiger partial charge in [0.15, 0.2) is 0 Å². The number of para-hydroxylation sites is 3. The Morgan fingerprint density at radius 3 is 1.86 bits per heavy atom. The highest BCUT2D eigenvalue weighted by atomic mass is 15.0. The molecular weight excluding hydrogens is 534 g/mol. The molecule has 3 heterocycles. The van der Waals surface area contributed by atoms with Gasteiger partial charge in [0.2, 0.25) is 0 Å². The van der Waals surface area contributed by atoms with Gasteiger partial charge in [0.25, 0.3) is 0 Å². The van der Waals surface area contributed by atoms with E-state index in [4.69, 9.17) is 4.98 Å². The summed E-state index contributed by atoms with van der Waals surface area (Å²) in [5.41, 5.74) is 10.3. The summed E-state index contributed by atoms with van der Waals surface area (Å²) in [5.74, 6) is 0.314. The third-order valence-corrected chi connectivity index (χ3v) is 9.01. The second kappa shape index (κ2) is 9.96. The first-order chi connectivity index (χ1) is 21.8. The second-order valence-corrected chi connectivity index (χ2v) is 11.6. The smallest absolute Gasteiger partial charge is 0.0788 e. The second-order valence-electron chi connectivity index (χ2n) is 11.6. The lowest BCUT2D eigenvalue weighted by molar-refractivity contribution is 0.817. The van der Waals surface area contributed by atoms with Crippen LogP contribution in [-0.2, 0) is 0 Å². The fraction of sp³-hybridized carbons (Fsp3) is 0.0488. The van der Waals surface area contributed by atoms with Crippen LogP contribution in [0.2, 0.25) is 0 Å². The standard InChI is InChI=1S/C41H29N3/c1-3-13-28(14-4-1)36-21-12-22-37(42-36)29-15-11-18-31(27-29)44-39-24-10-8-20-33(39)35-26-25-34-32-19-7-9-23-38(32)43(40(34)41(35)44)30-16-5-2-6-17-30/h1-13,15-28H,14H2. The minimum atomic E-state index is 0.314. The van der Waals surface area contributed by atoms with Crippen LogP contribution in [0.25, 0.3) is 66.2 Å². The summed E-state index contributed by atoms with van der Waals surface area (Å²) < 4.78 is 4.89. The van der Waals surface area contributed by atoms with E-state index in [0.717, 1.165) is 34.7 Å². The van der Waals surface area contributed by atoms with Crippen LogP contribution in [0.1, 0.15) is 18.0 Å². The van der Waals surface area contributed by atoms with Crippen LogP contribution in [-0.4, -0.2) is 14.1 Å². The third kappa shape index (κ3) is 3.79. The molecule has 0 fully saturated rings. The Kier molecular flexibility index (Phi) is 5.63. The average Bonchev–Trinajstić information content (AvgIpc) is 3.62. The average molecular weight is 564 g/mol. The SMILES string of the molecule is C1=CCC(c2cccc(-c3cccc(-n4c5ccccc5c5ccc6c7ccccc7n(-c7ccccc7)c6c54)c3)n2)C=C1. The summed E-state index contributed by atoms with van der Waals surface area (Å²) in [6.45, 7) is 0. The molecule has 0 aliphatic heterocycles.